The molecule has 0 heterocycles. The molecule has 2 N–H and O–H groups in total. The lowest BCUT2D eigenvalue weighted by Crippen LogP contribution is -2.41. The first kappa shape index (κ1) is 24.6. The second-order valence-electron chi connectivity index (χ2n) is 7.25. The molecule has 0 aliphatic carbocycles. The molecule has 0 aromatic heterocycles. The van der Waals surface area contributed by atoms with E-state index in [1.165, 1.54) is 25.1 Å². The van der Waals surface area contributed by atoms with Crippen LogP contribution in [0.25, 0.3) is 0 Å². The first-order valence-electron chi connectivity index (χ1n) is 10.3. The lowest BCUT2D eigenvalue weighted by atomic mass is 10.2. The highest BCUT2D eigenvalue weighted by molar-refractivity contribution is 7.89. The summed E-state index contributed by atoms with van der Waals surface area (Å²) in [6.45, 7) is 5.54. The number of para-hydroxylation sites is 1. The Labute approximate surface area is 198 Å². The quantitative estimate of drug-likeness (QED) is 0.434. The smallest absolute Gasteiger partial charge is 0.242 e. The third-order valence-electron chi connectivity index (χ3n) is 4.65. The fraction of sp³-hybridized carbons (Fsp3) is 0.208. The van der Waals surface area contributed by atoms with E-state index in [9.17, 15) is 13.2 Å². The van der Waals surface area contributed by atoms with Gasteiger partial charge in [0, 0.05) is 5.02 Å². The largest absolute Gasteiger partial charge is 0.494 e. The summed E-state index contributed by atoms with van der Waals surface area (Å²) in [4.78, 5) is 12.8. The maximum Gasteiger partial charge on any atom is 0.242 e. The molecule has 1 amide bonds. The Morgan fingerprint density at radius 3 is 2.39 bits per heavy atom. The van der Waals surface area contributed by atoms with Gasteiger partial charge in [-0.2, -0.15) is 4.72 Å². The van der Waals surface area contributed by atoms with Crippen LogP contribution in [0.4, 0.5) is 5.69 Å². The first-order chi connectivity index (χ1) is 15.7. The van der Waals surface area contributed by atoms with Gasteiger partial charge in [0.1, 0.15) is 11.5 Å². The van der Waals surface area contributed by atoms with Crippen molar-refractivity contribution in [3.05, 3.63) is 77.3 Å². The highest BCUT2D eigenvalue weighted by Gasteiger charge is 2.23. The number of carbonyl (C=O) groups excluding carboxylic acids is 1. The van der Waals surface area contributed by atoms with Crippen molar-refractivity contribution >= 4 is 33.2 Å². The van der Waals surface area contributed by atoms with E-state index in [1.807, 2.05) is 25.1 Å². The Bertz CT molecular complexity index is 1230. The van der Waals surface area contributed by atoms with Crippen LogP contribution in [0.3, 0.4) is 0 Å². The zero-order valence-corrected chi connectivity index (χ0v) is 20.0. The summed E-state index contributed by atoms with van der Waals surface area (Å²) in [6.07, 6.45) is 0. The predicted molar refractivity (Wildman–Crippen MR) is 129 cm³/mol. The van der Waals surface area contributed by atoms with Gasteiger partial charge in [-0.25, -0.2) is 8.42 Å². The van der Waals surface area contributed by atoms with Gasteiger partial charge in [-0.15, -0.1) is 0 Å². The topological polar surface area (TPSA) is 93.7 Å². The van der Waals surface area contributed by atoms with Gasteiger partial charge in [0.25, 0.3) is 0 Å². The van der Waals surface area contributed by atoms with Gasteiger partial charge >= 0.3 is 0 Å². The zero-order chi connectivity index (χ0) is 24.0. The third kappa shape index (κ3) is 6.47. The molecule has 3 aromatic rings. The molecule has 0 spiro atoms. The number of carbonyl (C=O) groups is 1. The molecule has 0 radical (unpaired) electrons. The van der Waals surface area contributed by atoms with E-state index in [2.05, 4.69) is 10.0 Å². The molecule has 0 fully saturated rings. The average Bonchev–Trinajstić information content (AvgIpc) is 2.77. The molecule has 0 unspecified atom stereocenters. The number of hydrogen-bond acceptors (Lipinski definition) is 5. The number of hydrogen-bond donors (Lipinski definition) is 2. The van der Waals surface area contributed by atoms with Crippen molar-refractivity contribution in [2.75, 3.05) is 11.9 Å². The van der Waals surface area contributed by atoms with E-state index in [0.29, 0.717) is 40.1 Å². The maximum atomic E-state index is 12.8. The SMILES string of the molecule is CCOc1ccc(S(=O)(=O)N[C@@H](C)C(=O)Nc2cc(Cl)ccc2Oc2ccccc2)cc1C. The predicted octanol–water partition coefficient (Wildman–Crippen LogP) is 5.14. The van der Waals surface area contributed by atoms with Crippen molar-refractivity contribution in [1.82, 2.24) is 4.72 Å². The number of nitrogens with one attached hydrogen (secondary N) is 2. The summed E-state index contributed by atoms with van der Waals surface area (Å²) in [5, 5.41) is 3.08. The van der Waals surface area contributed by atoms with Crippen LogP contribution >= 0.6 is 11.6 Å². The van der Waals surface area contributed by atoms with Crippen molar-refractivity contribution < 1.29 is 22.7 Å². The van der Waals surface area contributed by atoms with Crippen LogP contribution < -0.4 is 19.5 Å². The number of halogens is 1. The second-order valence-corrected chi connectivity index (χ2v) is 9.40. The van der Waals surface area contributed by atoms with Crippen molar-refractivity contribution in [1.29, 1.82) is 0 Å². The van der Waals surface area contributed by atoms with Gasteiger partial charge in [-0.1, -0.05) is 29.8 Å². The molecule has 0 saturated carbocycles. The van der Waals surface area contributed by atoms with Crippen molar-refractivity contribution in [2.45, 2.75) is 31.7 Å². The summed E-state index contributed by atoms with van der Waals surface area (Å²) in [5.41, 5.74) is 0.998. The van der Waals surface area contributed by atoms with E-state index in [1.54, 1.807) is 37.3 Å². The molecule has 3 aromatic carbocycles. The minimum absolute atomic E-state index is 0.0407. The van der Waals surface area contributed by atoms with Gasteiger partial charge in [-0.3, -0.25) is 4.79 Å². The van der Waals surface area contributed by atoms with Gasteiger partial charge in [0.05, 0.1) is 23.2 Å². The highest BCUT2D eigenvalue weighted by atomic mass is 35.5. The van der Waals surface area contributed by atoms with Crippen LogP contribution in [-0.2, 0) is 14.8 Å². The normalized spacial score (nSPS) is 12.1. The van der Waals surface area contributed by atoms with Crippen molar-refractivity contribution in [3.8, 4) is 17.2 Å². The fourth-order valence-electron chi connectivity index (χ4n) is 3.01. The van der Waals surface area contributed by atoms with Gasteiger partial charge < -0.3 is 14.8 Å². The number of anilines is 1. The van der Waals surface area contributed by atoms with Crippen LogP contribution in [0.1, 0.15) is 19.4 Å². The first-order valence-corrected chi connectivity index (χ1v) is 12.1. The summed E-state index contributed by atoms with van der Waals surface area (Å²) in [6, 6.07) is 17.3. The Balaban J connectivity index is 1.74. The maximum absolute atomic E-state index is 12.8. The van der Waals surface area contributed by atoms with Crippen LogP contribution in [-0.4, -0.2) is 27.0 Å². The Morgan fingerprint density at radius 1 is 1.03 bits per heavy atom. The number of sulfonamides is 1. The zero-order valence-electron chi connectivity index (χ0n) is 18.5. The molecular weight excluding hydrogens is 464 g/mol. The summed E-state index contributed by atoms with van der Waals surface area (Å²) >= 11 is 6.09. The summed E-state index contributed by atoms with van der Waals surface area (Å²) in [7, 11) is -3.94. The number of rotatable bonds is 9. The summed E-state index contributed by atoms with van der Waals surface area (Å²) in [5.74, 6) is 0.988. The van der Waals surface area contributed by atoms with Crippen molar-refractivity contribution in [3.63, 3.8) is 0 Å². The number of aryl methyl sites for hydroxylation is 1. The number of amides is 1. The second kappa shape index (κ2) is 10.7. The summed E-state index contributed by atoms with van der Waals surface area (Å²) < 4.78 is 39.3. The minimum Gasteiger partial charge on any atom is -0.494 e. The van der Waals surface area contributed by atoms with Crippen LogP contribution in [0.15, 0.2) is 71.6 Å². The van der Waals surface area contributed by atoms with Gasteiger partial charge in [0.2, 0.25) is 15.9 Å². The van der Waals surface area contributed by atoms with E-state index in [0.717, 1.165) is 0 Å². The van der Waals surface area contributed by atoms with Crippen molar-refractivity contribution in [2.24, 2.45) is 0 Å². The molecule has 3 rings (SSSR count). The number of benzene rings is 3. The molecule has 9 heteroatoms. The molecular formula is C24H25ClN2O5S. The van der Waals surface area contributed by atoms with Crippen LogP contribution in [0.2, 0.25) is 5.02 Å². The molecule has 7 nitrogen and oxygen atoms in total. The molecule has 33 heavy (non-hydrogen) atoms. The third-order valence-corrected chi connectivity index (χ3v) is 6.43. The molecule has 0 bridgehead atoms. The van der Waals surface area contributed by atoms with Crippen LogP contribution in [0, 0.1) is 6.92 Å². The molecule has 0 aliphatic heterocycles. The Morgan fingerprint density at radius 2 is 1.73 bits per heavy atom. The van der Waals surface area contributed by atoms with Gasteiger partial charge in [-0.05, 0) is 74.9 Å². The number of ether oxygens (including phenoxy) is 2. The van der Waals surface area contributed by atoms with Crippen LogP contribution in [0.5, 0.6) is 17.2 Å². The van der Waals surface area contributed by atoms with Gasteiger partial charge in [0.15, 0.2) is 5.75 Å². The highest BCUT2D eigenvalue weighted by Crippen LogP contribution is 2.32. The monoisotopic (exact) mass is 488 g/mol. The lowest BCUT2D eigenvalue weighted by molar-refractivity contribution is -0.117. The standard InChI is InChI=1S/C24H25ClN2O5S/c1-4-31-22-13-11-20(14-16(22)2)33(29,30)27-17(3)24(28)26-21-15-18(25)10-12-23(21)32-19-8-6-5-7-9-19/h5-15,17,27H,4H2,1-3H3,(H,26,28)/t17-/m0/s1. The lowest BCUT2D eigenvalue weighted by Gasteiger charge is -2.17. The molecule has 0 saturated heterocycles. The average molecular weight is 489 g/mol. The Hall–Kier alpha value is -3.07. The Kier molecular flexibility index (Phi) is 7.97. The van der Waals surface area contributed by atoms with E-state index >= 15 is 0 Å². The van der Waals surface area contributed by atoms with E-state index in [4.69, 9.17) is 21.1 Å². The molecule has 1 atom stereocenters. The van der Waals surface area contributed by atoms with E-state index in [-0.39, 0.29) is 4.90 Å². The minimum atomic E-state index is -3.94. The molecule has 0 aliphatic rings. The fourth-order valence-corrected chi connectivity index (χ4v) is 4.47. The van der Waals surface area contributed by atoms with E-state index < -0.39 is 22.0 Å². The molecule has 174 valence electrons.